The van der Waals surface area contributed by atoms with Crippen molar-refractivity contribution >= 4 is 23.3 Å². The number of rotatable bonds is 5. The third-order valence-corrected chi connectivity index (χ3v) is 3.05. The van der Waals surface area contributed by atoms with Gasteiger partial charge < -0.3 is 15.4 Å². The molecular weight excluding hydrogens is 260 g/mol. The normalized spacial score (nSPS) is 12.2. The highest BCUT2D eigenvalue weighted by molar-refractivity contribution is 6.33. The molecule has 100 valence electrons. The van der Waals surface area contributed by atoms with Gasteiger partial charge in [-0.05, 0) is 25.2 Å². The Bertz CT molecular complexity index is 472. The maximum atomic E-state index is 11.6. The summed E-state index contributed by atoms with van der Waals surface area (Å²) in [5, 5.41) is 17.1. The van der Waals surface area contributed by atoms with E-state index in [1.54, 1.807) is 6.92 Å². The number of nitrogens with zero attached hydrogens (tertiary/aromatic N) is 3. The third-order valence-electron chi connectivity index (χ3n) is 2.60. The predicted molar refractivity (Wildman–Crippen MR) is 66.5 cm³/mol. The van der Waals surface area contributed by atoms with Gasteiger partial charge in [0.1, 0.15) is 6.54 Å². The van der Waals surface area contributed by atoms with Crippen LogP contribution in [0.4, 0.5) is 5.82 Å². The van der Waals surface area contributed by atoms with Gasteiger partial charge >= 0.3 is 5.82 Å². The largest absolute Gasteiger partial charge is 0.408 e. The second-order valence-electron chi connectivity index (χ2n) is 4.01. The summed E-state index contributed by atoms with van der Waals surface area (Å²) < 4.78 is 1.23. The first kappa shape index (κ1) is 14.4. The lowest BCUT2D eigenvalue weighted by molar-refractivity contribution is -0.389. The van der Waals surface area contributed by atoms with Gasteiger partial charge in [-0.3, -0.25) is 4.79 Å². The van der Waals surface area contributed by atoms with Crippen LogP contribution in [-0.4, -0.2) is 26.7 Å². The Morgan fingerprint density at radius 1 is 1.67 bits per heavy atom. The van der Waals surface area contributed by atoms with E-state index in [1.807, 2.05) is 13.8 Å². The Hall–Kier alpha value is -1.63. The second kappa shape index (κ2) is 5.81. The van der Waals surface area contributed by atoms with Crippen molar-refractivity contribution < 1.29 is 9.72 Å². The van der Waals surface area contributed by atoms with Gasteiger partial charge in [-0.2, -0.15) is 4.68 Å². The molecule has 0 bridgehead atoms. The van der Waals surface area contributed by atoms with E-state index in [2.05, 4.69) is 10.4 Å². The number of carbonyl (C=O) groups excluding carboxylic acids is 1. The van der Waals surface area contributed by atoms with Crippen LogP contribution in [-0.2, 0) is 11.3 Å². The van der Waals surface area contributed by atoms with Crippen molar-refractivity contribution in [1.29, 1.82) is 0 Å². The topological polar surface area (TPSA) is 90.1 Å². The quantitative estimate of drug-likeness (QED) is 0.653. The minimum Gasteiger partial charge on any atom is -0.358 e. The number of nitrogens with one attached hydrogen (secondary N) is 1. The summed E-state index contributed by atoms with van der Waals surface area (Å²) in [5.41, 5.74) is 0.405. The van der Waals surface area contributed by atoms with Gasteiger partial charge in [0.15, 0.2) is 5.02 Å². The molecule has 0 aromatic carbocycles. The number of hydrogen-bond acceptors (Lipinski definition) is 4. The molecule has 1 aromatic rings. The van der Waals surface area contributed by atoms with Crippen molar-refractivity contribution in [2.75, 3.05) is 0 Å². The first-order chi connectivity index (χ1) is 8.36. The SMILES string of the molecule is CC[C@H](C)NC(=O)Cn1nc([N+](=O)[O-])c(Cl)c1C. The summed E-state index contributed by atoms with van der Waals surface area (Å²) in [4.78, 5) is 21.6. The molecule has 0 aliphatic rings. The lowest BCUT2D eigenvalue weighted by Crippen LogP contribution is -2.35. The standard InChI is InChI=1S/C10H15ClN4O3/c1-4-6(2)12-8(16)5-14-7(3)9(11)10(13-14)15(17)18/h6H,4-5H2,1-3H3,(H,12,16)/t6-/m0/s1. The van der Waals surface area contributed by atoms with Crippen molar-refractivity contribution in [3.8, 4) is 0 Å². The van der Waals surface area contributed by atoms with E-state index < -0.39 is 10.7 Å². The minimum absolute atomic E-state index is 0.0312. The Morgan fingerprint density at radius 3 is 2.72 bits per heavy atom. The predicted octanol–water partition coefficient (Wildman–Crippen LogP) is 1.67. The lowest BCUT2D eigenvalue weighted by Gasteiger charge is -2.10. The molecule has 1 atom stereocenters. The van der Waals surface area contributed by atoms with Gasteiger partial charge in [0.05, 0.1) is 10.8 Å². The molecule has 1 rings (SSSR count). The Kier molecular flexibility index (Phi) is 4.66. The van der Waals surface area contributed by atoms with Crippen LogP contribution >= 0.6 is 11.6 Å². The molecule has 1 amide bonds. The molecule has 8 heteroatoms. The molecule has 18 heavy (non-hydrogen) atoms. The van der Waals surface area contributed by atoms with Crippen LogP contribution in [0.15, 0.2) is 0 Å². The molecule has 1 heterocycles. The zero-order valence-corrected chi connectivity index (χ0v) is 11.2. The molecule has 7 nitrogen and oxygen atoms in total. The zero-order chi connectivity index (χ0) is 13.9. The fourth-order valence-electron chi connectivity index (χ4n) is 1.34. The van der Waals surface area contributed by atoms with Crippen molar-refractivity contribution in [2.24, 2.45) is 0 Å². The summed E-state index contributed by atoms with van der Waals surface area (Å²) in [6.07, 6.45) is 0.810. The smallest absolute Gasteiger partial charge is 0.358 e. The molecule has 0 saturated carbocycles. The van der Waals surface area contributed by atoms with Gasteiger partial charge in [0, 0.05) is 6.04 Å². The van der Waals surface area contributed by atoms with E-state index in [4.69, 9.17) is 11.6 Å². The van der Waals surface area contributed by atoms with E-state index in [0.717, 1.165) is 6.42 Å². The number of nitro groups is 1. The zero-order valence-electron chi connectivity index (χ0n) is 10.4. The molecule has 1 N–H and O–H groups in total. The van der Waals surface area contributed by atoms with Crippen LogP contribution in [0.2, 0.25) is 5.02 Å². The second-order valence-corrected chi connectivity index (χ2v) is 4.39. The number of hydrogen-bond donors (Lipinski definition) is 1. The molecule has 0 fully saturated rings. The van der Waals surface area contributed by atoms with Crippen LogP contribution in [0.3, 0.4) is 0 Å². The highest BCUT2D eigenvalue weighted by Crippen LogP contribution is 2.26. The molecule has 0 aliphatic carbocycles. The Morgan fingerprint density at radius 2 is 2.28 bits per heavy atom. The van der Waals surface area contributed by atoms with Crippen molar-refractivity contribution in [3.05, 3.63) is 20.8 Å². The summed E-state index contributed by atoms with van der Waals surface area (Å²) in [6.45, 7) is 5.33. The summed E-state index contributed by atoms with van der Waals surface area (Å²) >= 11 is 5.77. The first-order valence-corrected chi connectivity index (χ1v) is 5.91. The van der Waals surface area contributed by atoms with Crippen LogP contribution in [0.1, 0.15) is 26.0 Å². The monoisotopic (exact) mass is 274 g/mol. The summed E-state index contributed by atoms with van der Waals surface area (Å²) in [5.74, 6) is -0.674. The van der Waals surface area contributed by atoms with Crippen LogP contribution < -0.4 is 5.32 Å². The number of halogens is 1. The van der Waals surface area contributed by atoms with E-state index in [-0.39, 0.29) is 23.5 Å². The molecule has 0 unspecified atom stereocenters. The van der Waals surface area contributed by atoms with Gasteiger partial charge in [-0.15, -0.1) is 0 Å². The third kappa shape index (κ3) is 3.19. The van der Waals surface area contributed by atoms with Gasteiger partial charge in [0.25, 0.3) is 0 Å². The van der Waals surface area contributed by atoms with Crippen LogP contribution in [0.25, 0.3) is 0 Å². The number of carbonyl (C=O) groups is 1. The molecular formula is C10H15ClN4O3. The number of amides is 1. The number of aromatic nitrogens is 2. The van der Waals surface area contributed by atoms with Crippen molar-refractivity contribution in [2.45, 2.75) is 39.8 Å². The minimum atomic E-state index is -0.668. The summed E-state index contributed by atoms with van der Waals surface area (Å²) in [6, 6.07) is 0.0545. The van der Waals surface area contributed by atoms with E-state index >= 15 is 0 Å². The molecule has 0 saturated heterocycles. The van der Waals surface area contributed by atoms with Crippen molar-refractivity contribution in [1.82, 2.24) is 15.1 Å². The fourth-order valence-corrected chi connectivity index (χ4v) is 1.54. The van der Waals surface area contributed by atoms with E-state index in [9.17, 15) is 14.9 Å². The van der Waals surface area contributed by atoms with Gasteiger partial charge in [0.2, 0.25) is 5.91 Å². The highest BCUT2D eigenvalue weighted by Gasteiger charge is 2.25. The molecule has 1 aromatic heterocycles. The van der Waals surface area contributed by atoms with E-state index in [1.165, 1.54) is 4.68 Å². The first-order valence-electron chi connectivity index (χ1n) is 5.53. The Balaban J connectivity index is 2.82. The molecule has 0 radical (unpaired) electrons. The Labute approximate surface area is 109 Å². The molecule has 0 spiro atoms. The van der Waals surface area contributed by atoms with E-state index in [0.29, 0.717) is 5.69 Å². The maximum absolute atomic E-state index is 11.6. The van der Waals surface area contributed by atoms with Gasteiger partial charge in [-0.25, -0.2) is 0 Å². The van der Waals surface area contributed by atoms with Crippen LogP contribution in [0, 0.1) is 17.0 Å². The van der Waals surface area contributed by atoms with Crippen LogP contribution in [0.5, 0.6) is 0 Å². The van der Waals surface area contributed by atoms with Gasteiger partial charge in [-0.1, -0.05) is 18.5 Å². The average Bonchev–Trinajstić information content (AvgIpc) is 2.57. The average molecular weight is 275 g/mol. The highest BCUT2D eigenvalue weighted by atomic mass is 35.5. The lowest BCUT2D eigenvalue weighted by atomic mass is 10.2. The maximum Gasteiger partial charge on any atom is 0.408 e. The fraction of sp³-hybridized carbons (Fsp3) is 0.600. The summed E-state index contributed by atoms with van der Waals surface area (Å²) in [7, 11) is 0. The molecule has 0 aliphatic heterocycles. The van der Waals surface area contributed by atoms with Crippen molar-refractivity contribution in [3.63, 3.8) is 0 Å².